The van der Waals surface area contributed by atoms with Crippen LogP contribution < -0.4 is 27.4 Å². The number of carbonyl (C=O) groups excluding carboxylic acids is 4. The Balaban J connectivity index is 2.29. The maximum atomic E-state index is 13.9. The molecule has 2 aromatic rings. The Morgan fingerprint density at radius 2 is 1.52 bits per heavy atom. The molecule has 0 bridgehead atoms. The lowest BCUT2D eigenvalue weighted by molar-refractivity contribution is -0.384. The van der Waals surface area contributed by atoms with Crippen LogP contribution >= 0.6 is 0 Å². The monoisotopic (exact) mass is 724 g/mol. The summed E-state index contributed by atoms with van der Waals surface area (Å²) in [7, 11) is 0. The van der Waals surface area contributed by atoms with Crippen LogP contribution in [0.1, 0.15) is 88.4 Å². The van der Waals surface area contributed by atoms with Gasteiger partial charge in [0.05, 0.1) is 11.5 Å². The number of carbonyl (C=O) groups is 5. The number of nitro groups is 1. The van der Waals surface area contributed by atoms with Crippen molar-refractivity contribution in [3.63, 3.8) is 0 Å². The molecule has 2 aromatic carbocycles. The maximum absolute atomic E-state index is 13.9. The first-order chi connectivity index (χ1) is 24.8. The number of hydrogen-bond donors (Lipinski definition) is 6. The average Bonchev–Trinajstić information content (AvgIpc) is 3.10. The van der Waals surface area contributed by atoms with Crippen LogP contribution in [0.5, 0.6) is 0 Å². The predicted molar refractivity (Wildman–Crippen MR) is 197 cm³/mol. The van der Waals surface area contributed by atoms with E-state index in [1.807, 2.05) is 0 Å². The average molecular weight is 725 g/mol. The van der Waals surface area contributed by atoms with Crippen LogP contribution in [0.2, 0.25) is 0 Å². The Bertz CT molecular complexity index is 1500. The Morgan fingerprint density at radius 1 is 0.865 bits per heavy atom. The van der Waals surface area contributed by atoms with E-state index in [0.29, 0.717) is 18.8 Å². The number of benzene rings is 2. The highest BCUT2D eigenvalue weighted by molar-refractivity contribution is 5.99. The van der Waals surface area contributed by atoms with Gasteiger partial charge < -0.3 is 37.4 Å². The van der Waals surface area contributed by atoms with Crippen LogP contribution in [0.4, 0.5) is 11.4 Å². The number of amides is 4. The van der Waals surface area contributed by atoms with Gasteiger partial charge in [0.25, 0.3) is 11.6 Å². The van der Waals surface area contributed by atoms with Gasteiger partial charge in [-0.2, -0.15) is 0 Å². The molecule has 8 N–H and O–H groups in total. The summed E-state index contributed by atoms with van der Waals surface area (Å²) in [5.74, 6) is -3.17. The quantitative estimate of drug-likeness (QED) is 0.0302. The molecule has 0 unspecified atom stereocenters. The molecule has 0 aliphatic carbocycles. The standard InChI is InChI=1S/C36H52N8O8/c1-25(2)12-7-4-3-5-10-23-43(30(15-11-22-39-36(37)38)35(50)41-27-16-18-28(19-17-27)44(51)52)31(45)24-40-34(49)29(20-21-32(46)47)42-33(48)26-13-8-6-9-14-26/h6,8-9,13-14,16-19,25,29-30H,3-5,7,10-12,15,20-24H2,1-2H3,(H,40,49)(H,41,50)(H,42,48)(H,46,47)(H4,37,38,39)/t29-,30-/m0/s1. The van der Waals surface area contributed by atoms with E-state index in [-0.39, 0.29) is 48.8 Å². The van der Waals surface area contributed by atoms with Gasteiger partial charge in [-0.25, -0.2) is 0 Å². The van der Waals surface area contributed by atoms with Crippen molar-refractivity contribution in [3.8, 4) is 0 Å². The summed E-state index contributed by atoms with van der Waals surface area (Å²) in [5, 5.41) is 28.2. The number of aliphatic imine (C=N–C) groups is 1. The van der Waals surface area contributed by atoms with Crippen molar-refractivity contribution in [1.82, 2.24) is 15.5 Å². The number of aliphatic carboxylic acids is 1. The lowest BCUT2D eigenvalue weighted by Gasteiger charge is -2.31. The van der Waals surface area contributed by atoms with Gasteiger partial charge in [0.2, 0.25) is 17.7 Å². The van der Waals surface area contributed by atoms with E-state index < -0.39 is 59.6 Å². The molecule has 0 aliphatic rings. The van der Waals surface area contributed by atoms with E-state index in [1.165, 1.54) is 29.2 Å². The number of nitrogens with zero attached hydrogens (tertiary/aromatic N) is 3. The molecular formula is C36H52N8O8. The Hall–Kier alpha value is -5.54. The van der Waals surface area contributed by atoms with Crippen molar-refractivity contribution in [2.24, 2.45) is 22.4 Å². The normalized spacial score (nSPS) is 11.9. The van der Waals surface area contributed by atoms with Gasteiger partial charge in [0.15, 0.2) is 5.96 Å². The first-order valence-corrected chi connectivity index (χ1v) is 17.5. The molecule has 284 valence electrons. The van der Waals surface area contributed by atoms with Crippen molar-refractivity contribution in [2.75, 3.05) is 25.0 Å². The topological polar surface area (TPSA) is 252 Å². The molecule has 0 fully saturated rings. The molecule has 0 radical (unpaired) electrons. The van der Waals surface area contributed by atoms with E-state index in [1.54, 1.807) is 30.3 Å². The van der Waals surface area contributed by atoms with E-state index in [9.17, 15) is 39.2 Å². The van der Waals surface area contributed by atoms with Crippen LogP contribution in [0, 0.1) is 16.0 Å². The minimum absolute atomic E-state index is 0.128. The number of rotatable bonds is 24. The van der Waals surface area contributed by atoms with E-state index in [2.05, 4.69) is 34.8 Å². The van der Waals surface area contributed by atoms with Crippen LogP contribution in [-0.2, 0) is 19.2 Å². The van der Waals surface area contributed by atoms with Gasteiger partial charge in [0, 0.05) is 42.9 Å². The third kappa shape index (κ3) is 16.4. The third-order valence-electron chi connectivity index (χ3n) is 8.17. The van der Waals surface area contributed by atoms with Crippen molar-refractivity contribution in [3.05, 3.63) is 70.3 Å². The number of guanidine groups is 1. The predicted octanol–water partition coefficient (Wildman–Crippen LogP) is 3.56. The van der Waals surface area contributed by atoms with Crippen LogP contribution in [0.25, 0.3) is 0 Å². The summed E-state index contributed by atoms with van der Waals surface area (Å²) in [6, 6.07) is 11.1. The molecule has 52 heavy (non-hydrogen) atoms. The van der Waals surface area contributed by atoms with Crippen LogP contribution in [-0.4, -0.2) is 82.2 Å². The summed E-state index contributed by atoms with van der Waals surface area (Å²) in [6.07, 6.45) is 5.37. The number of unbranched alkanes of at least 4 members (excludes halogenated alkanes) is 4. The molecule has 0 spiro atoms. The van der Waals surface area contributed by atoms with E-state index in [0.717, 1.165) is 32.1 Å². The molecule has 16 nitrogen and oxygen atoms in total. The minimum Gasteiger partial charge on any atom is -0.481 e. The summed E-state index contributed by atoms with van der Waals surface area (Å²) >= 11 is 0. The molecule has 0 saturated carbocycles. The Labute approximate surface area is 303 Å². The van der Waals surface area contributed by atoms with E-state index >= 15 is 0 Å². The Kier molecular flexibility index (Phi) is 18.9. The molecule has 0 aromatic heterocycles. The summed E-state index contributed by atoms with van der Waals surface area (Å²) < 4.78 is 0. The van der Waals surface area contributed by atoms with Gasteiger partial charge in [-0.1, -0.05) is 64.2 Å². The van der Waals surface area contributed by atoms with Crippen molar-refractivity contribution in [2.45, 2.75) is 90.1 Å². The fourth-order valence-electron chi connectivity index (χ4n) is 5.39. The SMILES string of the molecule is CC(C)CCCCCCCN(C(=O)CNC(=O)[C@H](CCC(=O)O)NC(=O)c1ccccc1)[C@@H](CCCN=C(N)N)C(=O)Nc1ccc([N+](=O)[O-])cc1. The number of non-ortho nitro benzene ring substituents is 1. The highest BCUT2D eigenvalue weighted by Crippen LogP contribution is 2.19. The Morgan fingerprint density at radius 3 is 2.13 bits per heavy atom. The van der Waals surface area contributed by atoms with Gasteiger partial charge in [0.1, 0.15) is 12.1 Å². The summed E-state index contributed by atoms with van der Waals surface area (Å²) in [5.41, 5.74) is 11.3. The molecule has 2 atom stereocenters. The molecule has 4 amide bonds. The summed E-state index contributed by atoms with van der Waals surface area (Å²) in [6.45, 7) is 4.18. The lowest BCUT2D eigenvalue weighted by Crippen LogP contribution is -2.53. The second kappa shape index (κ2) is 23.0. The molecular weight excluding hydrogens is 672 g/mol. The number of nitro benzene ring substituents is 1. The van der Waals surface area contributed by atoms with Crippen molar-refractivity contribution >= 4 is 46.9 Å². The molecule has 16 heteroatoms. The second-order valence-electron chi connectivity index (χ2n) is 12.8. The maximum Gasteiger partial charge on any atom is 0.303 e. The zero-order chi connectivity index (χ0) is 38.5. The second-order valence-corrected chi connectivity index (χ2v) is 12.8. The van der Waals surface area contributed by atoms with Gasteiger partial charge in [-0.05, 0) is 55.9 Å². The number of carboxylic acids is 1. The van der Waals surface area contributed by atoms with Crippen LogP contribution in [0.3, 0.4) is 0 Å². The minimum atomic E-state index is -1.25. The van der Waals surface area contributed by atoms with Gasteiger partial charge >= 0.3 is 5.97 Å². The zero-order valence-electron chi connectivity index (χ0n) is 29.9. The number of nitrogens with two attached hydrogens (primary N) is 2. The first kappa shape index (κ1) is 42.6. The zero-order valence-corrected chi connectivity index (χ0v) is 29.9. The third-order valence-corrected chi connectivity index (χ3v) is 8.17. The smallest absolute Gasteiger partial charge is 0.303 e. The highest BCUT2D eigenvalue weighted by Gasteiger charge is 2.31. The fourth-order valence-corrected chi connectivity index (χ4v) is 5.39. The van der Waals surface area contributed by atoms with Crippen molar-refractivity contribution < 1.29 is 34.0 Å². The van der Waals surface area contributed by atoms with Gasteiger partial charge in [-0.3, -0.25) is 39.1 Å². The van der Waals surface area contributed by atoms with Crippen molar-refractivity contribution in [1.29, 1.82) is 0 Å². The molecule has 0 saturated heterocycles. The number of hydrogen-bond acceptors (Lipinski definition) is 8. The first-order valence-electron chi connectivity index (χ1n) is 17.5. The molecule has 0 aliphatic heterocycles. The number of carboxylic acid groups (broad SMARTS) is 1. The van der Waals surface area contributed by atoms with Crippen LogP contribution in [0.15, 0.2) is 59.6 Å². The molecule has 0 heterocycles. The van der Waals surface area contributed by atoms with Gasteiger partial charge in [-0.15, -0.1) is 0 Å². The fraction of sp³-hybridized carbons (Fsp3) is 0.500. The van der Waals surface area contributed by atoms with E-state index in [4.69, 9.17) is 11.5 Å². The number of anilines is 1. The number of nitrogens with one attached hydrogen (secondary N) is 3. The lowest BCUT2D eigenvalue weighted by atomic mass is 10.0. The highest BCUT2D eigenvalue weighted by atomic mass is 16.6. The molecule has 2 rings (SSSR count). The summed E-state index contributed by atoms with van der Waals surface area (Å²) in [4.78, 5) is 81.0. The largest absolute Gasteiger partial charge is 0.481 e.